The molecule has 4 aromatic carbocycles. The minimum Gasteiger partial charge on any atom is -0.325 e. The standard InChI is InChI=1S/C28H25Cl2OP/c1-16-15-22(20-11-7-5-8-12-20)23(17(2)26(16)29)24-18(3)27(30)19(4)28(32-31)25(24)21-13-9-6-10-14-21/h5-15H,32H2,1-4H3. The Morgan fingerprint density at radius 3 is 1.72 bits per heavy atom. The molecule has 1 nitrogen and oxygen atoms in total. The second-order valence-corrected chi connectivity index (χ2v) is 9.70. The minimum absolute atomic E-state index is 0.660. The molecular weight excluding hydrogens is 454 g/mol. The number of rotatable bonds is 4. The van der Waals surface area contributed by atoms with E-state index >= 15 is 0 Å². The number of aryl methyl sites for hydroxylation is 1. The maximum Gasteiger partial charge on any atom is 0.0930 e. The highest BCUT2D eigenvalue weighted by atomic mass is 35.5. The maximum atomic E-state index is 12.6. The summed E-state index contributed by atoms with van der Waals surface area (Å²) in [6.07, 6.45) is 0. The van der Waals surface area contributed by atoms with Crippen LogP contribution in [0.25, 0.3) is 33.4 Å². The molecule has 0 bridgehead atoms. The van der Waals surface area contributed by atoms with Gasteiger partial charge in [0.1, 0.15) is 0 Å². The van der Waals surface area contributed by atoms with Gasteiger partial charge < -0.3 is 4.57 Å². The molecule has 0 heterocycles. The molecule has 0 fully saturated rings. The van der Waals surface area contributed by atoms with Crippen LogP contribution in [-0.2, 0) is 4.57 Å². The second-order valence-electron chi connectivity index (χ2n) is 8.13. The van der Waals surface area contributed by atoms with E-state index in [9.17, 15) is 4.57 Å². The van der Waals surface area contributed by atoms with E-state index in [4.69, 9.17) is 23.2 Å². The highest BCUT2D eigenvalue weighted by Crippen LogP contribution is 2.47. The van der Waals surface area contributed by atoms with Gasteiger partial charge in [-0.15, -0.1) is 0 Å². The Kier molecular flexibility index (Phi) is 6.63. The Bertz CT molecular complexity index is 1330. The normalized spacial score (nSPS) is 11.4. The first-order valence-corrected chi connectivity index (χ1v) is 12.4. The summed E-state index contributed by atoms with van der Waals surface area (Å²) in [7, 11) is -1.19. The summed E-state index contributed by atoms with van der Waals surface area (Å²) >= 11 is 13.6. The van der Waals surface area contributed by atoms with Crippen molar-refractivity contribution in [2.24, 2.45) is 0 Å². The molecule has 0 aliphatic rings. The highest BCUT2D eigenvalue weighted by Gasteiger charge is 2.25. The van der Waals surface area contributed by atoms with Crippen molar-refractivity contribution in [1.82, 2.24) is 0 Å². The number of benzene rings is 4. The predicted octanol–water partition coefficient (Wildman–Crippen LogP) is 8.61. The Hall–Kier alpha value is -2.31. The molecule has 0 radical (unpaired) electrons. The van der Waals surface area contributed by atoms with Crippen molar-refractivity contribution in [3.8, 4) is 33.4 Å². The van der Waals surface area contributed by atoms with Crippen molar-refractivity contribution >= 4 is 37.0 Å². The quantitative estimate of drug-likeness (QED) is 0.268. The molecule has 1 unspecified atom stereocenters. The fourth-order valence-corrected chi connectivity index (χ4v) is 5.70. The fourth-order valence-electron chi connectivity index (χ4n) is 4.51. The lowest BCUT2D eigenvalue weighted by Crippen LogP contribution is -2.10. The van der Waals surface area contributed by atoms with Gasteiger partial charge in [-0.05, 0) is 83.8 Å². The molecule has 4 aromatic rings. The Morgan fingerprint density at radius 2 is 1.16 bits per heavy atom. The Morgan fingerprint density at radius 1 is 0.625 bits per heavy atom. The zero-order chi connectivity index (χ0) is 23.0. The van der Waals surface area contributed by atoms with Crippen molar-refractivity contribution in [3.05, 3.63) is 99.0 Å². The molecule has 0 saturated carbocycles. The van der Waals surface area contributed by atoms with Crippen LogP contribution in [0.5, 0.6) is 0 Å². The summed E-state index contributed by atoms with van der Waals surface area (Å²) < 4.78 is 12.6. The molecule has 0 aliphatic heterocycles. The van der Waals surface area contributed by atoms with Gasteiger partial charge in [-0.3, -0.25) is 0 Å². The Labute approximate surface area is 201 Å². The fraction of sp³-hybridized carbons (Fsp3) is 0.143. The van der Waals surface area contributed by atoms with Crippen LogP contribution in [-0.4, -0.2) is 0 Å². The molecule has 0 aromatic heterocycles. The number of halogens is 2. The summed E-state index contributed by atoms with van der Waals surface area (Å²) in [4.78, 5) is 0. The molecule has 4 rings (SSSR count). The third-order valence-electron chi connectivity index (χ3n) is 6.15. The molecule has 0 aliphatic carbocycles. The molecule has 4 heteroatoms. The van der Waals surface area contributed by atoms with Crippen LogP contribution in [0.3, 0.4) is 0 Å². The molecule has 32 heavy (non-hydrogen) atoms. The van der Waals surface area contributed by atoms with E-state index in [1.165, 1.54) is 0 Å². The summed E-state index contributed by atoms with van der Waals surface area (Å²) in [5.41, 5.74) is 10.1. The van der Waals surface area contributed by atoms with Gasteiger partial charge in [0.25, 0.3) is 0 Å². The average Bonchev–Trinajstić information content (AvgIpc) is 2.82. The summed E-state index contributed by atoms with van der Waals surface area (Å²) in [5.74, 6) is 0. The van der Waals surface area contributed by atoms with Gasteiger partial charge >= 0.3 is 0 Å². The van der Waals surface area contributed by atoms with Gasteiger partial charge in [0.15, 0.2) is 0 Å². The second kappa shape index (κ2) is 9.28. The van der Waals surface area contributed by atoms with Crippen LogP contribution in [0, 0.1) is 27.7 Å². The largest absolute Gasteiger partial charge is 0.325 e. The number of hydrogen-bond donors (Lipinski definition) is 0. The van der Waals surface area contributed by atoms with Crippen LogP contribution in [0.4, 0.5) is 0 Å². The van der Waals surface area contributed by atoms with E-state index in [-0.39, 0.29) is 0 Å². The van der Waals surface area contributed by atoms with Crippen LogP contribution in [0.2, 0.25) is 10.0 Å². The monoisotopic (exact) mass is 478 g/mol. The van der Waals surface area contributed by atoms with E-state index in [0.29, 0.717) is 5.02 Å². The van der Waals surface area contributed by atoms with E-state index in [1.807, 2.05) is 57.2 Å². The summed E-state index contributed by atoms with van der Waals surface area (Å²) in [6.45, 7) is 8.09. The van der Waals surface area contributed by atoms with Crippen LogP contribution in [0.1, 0.15) is 22.3 Å². The minimum atomic E-state index is -1.19. The van der Waals surface area contributed by atoms with Crippen LogP contribution < -0.4 is 5.30 Å². The smallest absolute Gasteiger partial charge is 0.0930 e. The lowest BCUT2D eigenvalue weighted by atomic mass is 9.82. The van der Waals surface area contributed by atoms with Crippen LogP contribution >= 0.6 is 31.7 Å². The first-order valence-electron chi connectivity index (χ1n) is 10.6. The average molecular weight is 479 g/mol. The molecular formula is C28H25Cl2OP. The third-order valence-corrected chi connectivity index (χ3v) is 8.26. The third kappa shape index (κ3) is 3.84. The van der Waals surface area contributed by atoms with Crippen molar-refractivity contribution in [2.45, 2.75) is 27.7 Å². The van der Waals surface area contributed by atoms with E-state index in [2.05, 4.69) is 37.3 Å². The SMILES string of the molecule is Cc1cc(-c2ccccc2)c(-c2c(C)c(Cl)c(C)c([PH2]=O)c2-c2ccccc2)c(C)c1Cl. The lowest BCUT2D eigenvalue weighted by molar-refractivity contribution is 0.603. The van der Waals surface area contributed by atoms with Crippen molar-refractivity contribution in [1.29, 1.82) is 0 Å². The molecule has 0 N–H and O–H groups in total. The zero-order valence-electron chi connectivity index (χ0n) is 18.6. The van der Waals surface area contributed by atoms with Crippen molar-refractivity contribution in [2.75, 3.05) is 0 Å². The van der Waals surface area contributed by atoms with Crippen LogP contribution in [0.15, 0.2) is 66.7 Å². The van der Waals surface area contributed by atoms with Crippen molar-refractivity contribution in [3.63, 3.8) is 0 Å². The predicted molar refractivity (Wildman–Crippen MR) is 142 cm³/mol. The molecule has 162 valence electrons. The molecule has 0 amide bonds. The molecule has 0 saturated heterocycles. The highest BCUT2D eigenvalue weighted by molar-refractivity contribution is 7.34. The number of hydrogen-bond acceptors (Lipinski definition) is 1. The van der Waals surface area contributed by atoms with Crippen molar-refractivity contribution < 1.29 is 4.57 Å². The van der Waals surface area contributed by atoms with E-state index in [0.717, 1.165) is 66.0 Å². The maximum absolute atomic E-state index is 12.6. The van der Waals surface area contributed by atoms with Gasteiger partial charge in [-0.25, -0.2) is 0 Å². The molecule has 1 atom stereocenters. The lowest BCUT2D eigenvalue weighted by Gasteiger charge is -2.25. The van der Waals surface area contributed by atoms with E-state index < -0.39 is 8.46 Å². The van der Waals surface area contributed by atoms with Gasteiger partial charge in [0.2, 0.25) is 0 Å². The first-order chi connectivity index (χ1) is 15.4. The van der Waals surface area contributed by atoms with E-state index in [1.54, 1.807) is 0 Å². The van der Waals surface area contributed by atoms with Gasteiger partial charge in [0.05, 0.1) is 8.46 Å². The summed E-state index contributed by atoms with van der Waals surface area (Å²) in [5, 5.41) is 2.22. The topological polar surface area (TPSA) is 17.1 Å². The van der Waals surface area contributed by atoms with Gasteiger partial charge in [-0.1, -0.05) is 83.9 Å². The first kappa shape index (κ1) is 22.9. The summed E-state index contributed by atoms with van der Waals surface area (Å²) in [6, 6.07) is 22.6. The zero-order valence-corrected chi connectivity index (χ0v) is 21.3. The molecule has 0 spiro atoms. The van der Waals surface area contributed by atoms with Gasteiger partial charge in [0, 0.05) is 20.9 Å². The Balaban J connectivity index is 2.25. The van der Waals surface area contributed by atoms with Gasteiger partial charge in [-0.2, -0.15) is 0 Å².